The van der Waals surface area contributed by atoms with Crippen LogP contribution >= 0.6 is 0 Å². The van der Waals surface area contributed by atoms with Gasteiger partial charge in [-0.1, -0.05) is 0 Å². The number of phenols is 10. The first-order chi connectivity index (χ1) is 31.9. The second kappa shape index (κ2) is 14.4. The summed E-state index contributed by atoms with van der Waals surface area (Å²) in [5.41, 5.74) is -2.67. The van der Waals surface area contributed by atoms with Crippen molar-refractivity contribution in [3.05, 3.63) is 118 Å². The molecular weight excluding hydrogens is 912 g/mol. The van der Waals surface area contributed by atoms with Crippen LogP contribution in [0.15, 0.2) is 84.9 Å². The molecule has 348 valence electrons. The van der Waals surface area contributed by atoms with Gasteiger partial charge in [0.2, 0.25) is 11.5 Å². The van der Waals surface area contributed by atoms with Crippen molar-refractivity contribution in [1.82, 2.24) is 0 Å². The molecule has 0 spiro atoms. The average molecular weight is 941 g/mol. The fraction of sp³-hybridized carbons (Fsp3) is 0.0909. The van der Waals surface area contributed by atoms with Crippen molar-refractivity contribution in [3.8, 4) is 92.0 Å². The summed E-state index contributed by atoms with van der Waals surface area (Å²) in [6.07, 6.45) is 0. The number of carboxylic acids is 2. The summed E-state index contributed by atoms with van der Waals surface area (Å²) in [5.74, 6) is -26.9. The van der Waals surface area contributed by atoms with Crippen LogP contribution in [0.25, 0.3) is 0 Å². The molecule has 24 nitrogen and oxygen atoms in total. The largest absolute Gasteiger partial charge is 0.508 e. The molecular formula is C44H28O24. The van der Waals surface area contributed by atoms with Gasteiger partial charge in [0.15, 0.2) is 46.0 Å². The van der Waals surface area contributed by atoms with Crippen LogP contribution in [0.3, 0.4) is 0 Å². The number of rotatable bonds is 4. The molecule has 0 bridgehead atoms. The van der Waals surface area contributed by atoms with Gasteiger partial charge >= 0.3 is 35.1 Å². The van der Waals surface area contributed by atoms with Gasteiger partial charge in [-0.15, -0.1) is 0 Å². The third-order valence-corrected chi connectivity index (χ3v) is 10.9. The van der Waals surface area contributed by atoms with Gasteiger partial charge in [0.25, 0.3) is 11.6 Å². The number of carbonyl (C=O) groups is 4. The molecule has 4 atom stereocenters. The van der Waals surface area contributed by atoms with Crippen molar-refractivity contribution in [3.63, 3.8) is 0 Å². The highest BCUT2D eigenvalue weighted by Gasteiger charge is 2.72. The van der Waals surface area contributed by atoms with Gasteiger partial charge in [-0.3, -0.25) is 9.59 Å². The molecule has 0 saturated heterocycles. The number of ketones is 2. The molecule has 4 heterocycles. The summed E-state index contributed by atoms with van der Waals surface area (Å²) in [4.78, 5) is 49.8. The summed E-state index contributed by atoms with van der Waals surface area (Å²) < 4.78 is 34.1. The fourth-order valence-corrected chi connectivity index (χ4v) is 7.75. The maximum absolute atomic E-state index is 13.5. The Labute approximate surface area is 375 Å². The first kappa shape index (κ1) is 43.6. The summed E-state index contributed by atoms with van der Waals surface area (Å²) in [7, 11) is 0. The van der Waals surface area contributed by atoms with Gasteiger partial charge in [0, 0.05) is 35.4 Å². The Morgan fingerprint density at radius 1 is 0.382 bits per heavy atom. The summed E-state index contributed by atoms with van der Waals surface area (Å²) in [5, 5.41) is 142. The molecule has 68 heavy (non-hydrogen) atoms. The molecule has 0 amide bonds. The number of phenolic OH excluding ortho intramolecular Hbond substituents is 10. The molecule has 0 saturated carbocycles. The molecule has 4 aliphatic rings. The highest BCUT2D eigenvalue weighted by atomic mass is 16.8. The van der Waals surface area contributed by atoms with Crippen LogP contribution in [0.5, 0.6) is 92.0 Å². The van der Waals surface area contributed by atoms with Gasteiger partial charge in [-0.25, -0.2) is 9.59 Å². The van der Waals surface area contributed by atoms with Crippen molar-refractivity contribution < 1.29 is 119 Å². The van der Waals surface area contributed by atoms with Crippen molar-refractivity contribution in [2.24, 2.45) is 0 Å². The van der Waals surface area contributed by atoms with E-state index in [0.29, 0.717) is 0 Å². The van der Waals surface area contributed by atoms with Gasteiger partial charge in [-0.2, -0.15) is 0 Å². The van der Waals surface area contributed by atoms with E-state index in [4.69, 9.17) is 28.4 Å². The zero-order valence-corrected chi connectivity index (χ0v) is 33.4. The van der Waals surface area contributed by atoms with E-state index in [1.54, 1.807) is 0 Å². The molecule has 0 aromatic heterocycles. The van der Waals surface area contributed by atoms with Gasteiger partial charge in [-0.05, 0) is 60.7 Å². The SMILES string of the molecule is O=C(O)c1cc(O)c2c(c1)OC1(O)C(=O)c3c(O)cc(O)cc3OC1(c1ccc(O)c(O)c1)O2.O=C(O)c1cc(O)c2c(c1)OC1(c3ccc(O)c(O)c3)Oc3cc(O)cc(O)c3C(=O)C1(O)O2. The zero-order chi connectivity index (χ0) is 49.2. The Morgan fingerprint density at radius 2 is 0.765 bits per heavy atom. The number of hydrogen-bond acceptors (Lipinski definition) is 22. The molecule has 4 unspecified atom stereocenters. The molecule has 0 fully saturated rings. The maximum atomic E-state index is 13.5. The first-order valence-electron chi connectivity index (χ1n) is 19.0. The van der Waals surface area contributed by atoms with Crippen LogP contribution in [0.1, 0.15) is 52.6 Å². The highest BCUT2D eigenvalue weighted by molar-refractivity contribution is 6.09. The fourth-order valence-electron chi connectivity index (χ4n) is 7.75. The van der Waals surface area contributed by atoms with Crippen LogP contribution in [0.2, 0.25) is 0 Å². The van der Waals surface area contributed by atoms with E-state index in [9.17, 15) is 90.7 Å². The first-order valence-corrected chi connectivity index (χ1v) is 19.0. The summed E-state index contributed by atoms with van der Waals surface area (Å²) in [6, 6.07) is 12.9. The van der Waals surface area contributed by atoms with Crippen LogP contribution < -0.4 is 28.4 Å². The quantitative estimate of drug-likeness (QED) is 0.113. The minimum Gasteiger partial charge on any atom is -0.508 e. The lowest BCUT2D eigenvalue weighted by atomic mass is 9.85. The number of hydrogen-bond donors (Lipinski definition) is 14. The molecule has 10 rings (SSSR count). The van der Waals surface area contributed by atoms with Crippen molar-refractivity contribution >= 4 is 23.5 Å². The Morgan fingerprint density at radius 3 is 1.19 bits per heavy atom. The van der Waals surface area contributed by atoms with Gasteiger partial charge in [0.05, 0.1) is 11.1 Å². The smallest absolute Gasteiger partial charge is 0.358 e. The lowest BCUT2D eigenvalue weighted by Crippen LogP contribution is -2.70. The van der Waals surface area contributed by atoms with Crippen molar-refractivity contribution in [1.29, 1.82) is 0 Å². The molecule has 24 heteroatoms. The number of aromatic hydroxyl groups is 10. The lowest BCUT2D eigenvalue weighted by molar-refractivity contribution is -0.316. The maximum Gasteiger partial charge on any atom is 0.358 e. The van der Waals surface area contributed by atoms with E-state index in [0.717, 1.165) is 84.9 Å². The van der Waals surface area contributed by atoms with Crippen LogP contribution in [0, 0.1) is 0 Å². The minimum atomic E-state index is -3.16. The van der Waals surface area contributed by atoms with Gasteiger partial charge in [0.1, 0.15) is 45.6 Å². The Balaban J connectivity index is 0.000000170. The van der Waals surface area contributed by atoms with E-state index < -0.39 is 161 Å². The lowest BCUT2D eigenvalue weighted by Gasteiger charge is -2.50. The number of carbonyl (C=O) groups excluding carboxylic acids is 2. The average Bonchev–Trinajstić information content (AvgIpc) is 3.25. The standard InChI is InChI=1S/2C22H14O12/c23-10-6-13(26)17-15(7-10)33-22(9-1-2-11(24)12(25)5-9)21(31,19(17)28)32-16-4-8(20(29)30)3-14(27)18(16)34-22;23-10-6-13(26)17-15(7-10)32-22(9-1-2-11(24)12(25)5-9)21(31,19(17)28)34-18-14(27)3-8(20(29)30)4-16(18)33-22/h2*1-7,23-27,31H,(H,29,30). The van der Waals surface area contributed by atoms with Crippen LogP contribution in [-0.2, 0) is 11.6 Å². The number of aliphatic hydroxyl groups is 2. The van der Waals surface area contributed by atoms with Crippen LogP contribution in [0.4, 0.5) is 0 Å². The number of benzene rings is 6. The van der Waals surface area contributed by atoms with E-state index in [1.807, 2.05) is 0 Å². The number of fused-ring (bicyclic) bond motifs is 6. The number of Topliss-reactive ketones (excluding diaryl/α,β-unsaturated/α-hetero) is 2. The minimum absolute atomic E-state index is 0.292. The molecule has 6 aromatic carbocycles. The molecule has 0 aliphatic carbocycles. The Hall–Kier alpha value is -9.68. The van der Waals surface area contributed by atoms with E-state index in [-0.39, 0.29) is 11.1 Å². The highest BCUT2D eigenvalue weighted by Crippen LogP contribution is 2.59. The monoisotopic (exact) mass is 940 g/mol. The normalized spacial score (nSPS) is 22.3. The second-order valence-electron chi connectivity index (χ2n) is 15.1. The number of carboxylic acid groups (broad SMARTS) is 2. The third-order valence-electron chi connectivity index (χ3n) is 10.9. The Bertz CT molecular complexity index is 3260. The zero-order valence-electron chi connectivity index (χ0n) is 33.4. The molecule has 4 aliphatic heterocycles. The predicted octanol–water partition coefficient (Wildman–Crippen LogP) is 3.00. The summed E-state index contributed by atoms with van der Waals surface area (Å²) >= 11 is 0. The molecule has 14 N–H and O–H groups in total. The van der Waals surface area contributed by atoms with Gasteiger partial charge < -0.3 is 99.9 Å². The number of aromatic carboxylic acids is 2. The number of ether oxygens (including phenoxy) is 6. The summed E-state index contributed by atoms with van der Waals surface area (Å²) in [6.45, 7) is 0. The topological polar surface area (TPSA) is 407 Å². The predicted molar refractivity (Wildman–Crippen MR) is 215 cm³/mol. The van der Waals surface area contributed by atoms with E-state index in [2.05, 4.69) is 0 Å². The third kappa shape index (κ3) is 6.08. The van der Waals surface area contributed by atoms with Crippen molar-refractivity contribution in [2.75, 3.05) is 0 Å². The Kier molecular flexibility index (Phi) is 9.23. The van der Waals surface area contributed by atoms with Crippen molar-refractivity contribution in [2.45, 2.75) is 23.1 Å². The second-order valence-corrected chi connectivity index (χ2v) is 15.1. The molecule has 6 aromatic rings. The van der Waals surface area contributed by atoms with Crippen LogP contribution in [-0.4, -0.2) is 107 Å². The molecule has 0 radical (unpaired) electrons. The van der Waals surface area contributed by atoms with E-state index in [1.165, 1.54) is 0 Å². The van der Waals surface area contributed by atoms with E-state index >= 15 is 0 Å².